The van der Waals surface area contributed by atoms with Crippen molar-refractivity contribution >= 4 is 17.6 Å². The molecule has 0 radical (unpaired) electrons. The van der Waals surface area contributed by atoms with Gasteiger partial charge >= 0.3 is 0 Å². The molecular weight excluding hydrogens is 466 g/mol. The van der Waals surface area contributed by atoms with Crippen LogP contribution >= 0.6 is 11.3 Å². The number of ether oxygens (including phenoxy) is 1. The lowest BCUT2D eigenvalue weighted by atomic mass is 10.0. The first-order chi connectivity index (χ1) is 17.4. The highest BCUT2D eigenvalue weighted by Gasteiger charge is 2.09. The van der Waals surface area contributed by atoms with E-state index < -0.39 is 0 Å². The van der Waals surface area contributed by atoms with E-state index in [-0.39, 0.29) is 0 Å². The van der Waals surface area contributed by atoms with Gasteiger partial charge in [0.05, 0.1) is 17.7 Å². The second kappa shape index (κ2) is 18.7. The van der Waals surface area contributed by atoms with Gasteiger partial charge in [0.2, 0.25) is 0 Å². The Balaban J connectivity index is 0.000000378. The Hall–Kier alpha value is -2.54. The number of carbonyl (C=O) groups excluding carboxylic acids is 1. The van der Waals surface area contributed by atoms with Gasteiger partial charge in [0.15, 0.2) is 6.29 Å². The monoisotopic (exact) mass is 511 g/mol. The molecule has 2 aromatic carbocycles. The molecule has 6 heteroatoms. The highest BCUT2D eigenvalue weighted by Crippen LogP contribution is 2.29. The Bertz CT molecular complexity index is 953. The van der Waals surface area contributed by atoms with Crippen molar-refractivity contribution in [3.63, 3.8) is 0 Å². The standard InChI is InChI=1S/C18H15NO2S.C5H10.C4H11N.C3H9N/c1-12-17(11-20)22-18(19-12)15-5-3-13(4-6-15)14-7-9-16(21-2)10-8-14;1-2-4-5-3-1;1-4-5(2)3;1-3-4-2/h3-11H,1-2H3;1-5H2;4H2,1-3H3;4H,3H2,1-2H3. The number of hydrogen-bond donors (Lipinski definition) is 1. The van der Waals surface area contributed by atoms with Crippen molar-refractivity contribution in [3.8, 4) is 27.4 Å². The molecule has 1 aliphatic rings. The summed E-state index contributed by atoms with van der Waals surface area (Å²) in [7, 11) is 7.70. The SMILES string of the molecule is C1CCCC1.CCN(C)C.CCNC.COc1ccc(-c2ccc(-c3nc(C)c(C=O)s3)cc2)cc1. The molecule has 4 rings (SSSR count). The zero-order valence-corrected chi connectivity index (χ0v) is 24.1. The minimum atomic E-state index is 0.689. The molecule has 198 valence electrons. The molecule has 0 saturated heterocycles. The molecule has 1 aliphatic carbocycles. The Labute approximate surface area is 222 Å². The van der Waals surface area contributed by atoms with Gasteiger partial charge in [-0.15, -0.1) is 11.3 Å². The Morgan fingerprint density at radius 1 is 0.917 bits per heavy atom. The largest absolute Gasteiger partial charge is 0.497 e. The molecule has 3 aromatic rings. The molecule has 1 heterocycles. The van der Waals surface area contributed by atoms with Gasteiger partial charge in [0.1, 0.15) is 10.8 Å². The zero-order valence-electron chi connectivity index (χ0n) is 23.3. The van der Waals surface area contributed by atoms with Gasteiger partial charge in [0, 0.05) is 5.56 Å². The summed E-state index contributed by atoms with van der Waals surface area (Å²) in [5, 5.41) is 3.81. The molecular formula is C30H45N3O2S. The minimum Gasteiger partial charge on any atom is -0.497 e. The number of rotatable bonds is 6. The summed E-state index contributed by atoms with van der Waals surface area (Å²) in [5.41, 5.74) is 4.08. The summed E-state index contributed by atoms with van der Waals surface area (Å²) in [5.74, 6) is 0.847. The van der Waals surface area contributed by atoms with Gasteiger partial charge in [-0.1, -0.05) is 82.3 Å². The number of methoxy groups -OCH3 is 1. The minimum absolute atomic E-state index is 0.689. The first-order valence-electron chi connectivity index (χ1n) is 12.9. The van der Waals surface area contributed by atoms with Crippen LogP contribution in [-0.2, 0) is 0 Å². The Kier molecular flexibility index (Phi) is 16.3. The first-order valence-corrected chi connectivity index (χ1v) is 13.7. The van der Waals surface area contributed by atoms with E-state index >= 15 is 0 Å². The summed E-state index contributed by atoms with van der Waals surface area (Å²) in [6.07, 6.45) is 8.36. The number of aromatic nitrogens is 1. The van der Waals surface area contributed by atoms with Crippen molar-refractivity contribution < 1.29 is 9.53 Å². The lowest BCUT2D eigenvalue weighted by Gasteiger charge is -2.04. The average Bonchev–Trinajstić information content (AvgIpc) is 3.63. The van der Waals surface area contributed by atoms with Gasteiger partial charge in [-0.2, -0.15) is 0 Å². The predicted molar refractivity (Wildman–Crippen MR) is 157 cm³/mol. The summed E-state index contributed by atoms with van der Waals surface area (Å²) in [6.45, 7) is 8.26. The molecule has 0 spiro atoms. The van der Waals surface area contributed by atoms with Crippen LogP contribution in [0.15, 0.2) is 48.5 Å². The highest BCUT2D eigenvalue weighted by molar-refractivity contribution is 7.16. The topological polar surface area (TPSA) is 54.5 Å². The molecule has 1 N–H and O–H groups in total. The Morgan fingerprint density at radius 2 is 1.33 bits per heavy atom. The van der Waals surface area contributed by atoms with Crippen LogP contribution in [0.1, 0.15) is 61.3 Å². The van der Waals surface area contributed by atoms with Crippen molar-refractivity contribution in [1.29, 1.82) is 0 Å². The molecule has 0 unspecified atom stereocenters. The number of carbonyl (C=O) groups is 1. The van der Waals surface area contributed by atoms with Crippen molar-refractivity contribution in [2.45, 2.75) is 52.9 Å². The molecule has 0 atom stereocenters. The normalized spacial score (nSPS) is 11.9. The second-order valence-corrected chi connectivity index (χ2v) is 9.79. The molecule has 1 saturated carbocycles. The number of aldehydes is 1. The Morgan fingerprint density at radius 3 is 1.67 bits per heavy atom. The van der Waals surface area contributed by atoms with E-state index in [2.05, 4.69) is 55.3 Å². The van der Waals surface area contributed by atoms with Crippen LogP contribution in [0.5, 0.6) is 5.75 Å². The molecule has 1 aromatic heterocycles. The third kappa shape index (κ3) is 11.9. The summed E-state index contributed by atoms with van der Waals surface area (Å²) < 4.78 is 5.17. The van der Waals surface area contributed by atoms with Crippen LogP contribution in [0, 0.1) is 6.92 Å². The number of aryl methyl sites for hydroxylation is 1. The molecule has 0 amide bonds. The smallest absolute Gasteiger partial charge is 0.161 e. The number of nitrogens with one attached hydrogen (secondary N) is 1. The van der Waals surface area contributed by atoms with Gasteiger partial charge < -0.3 is 15.0 Å². The average molecular weight is 512 g/mol. The quantitative estimate of drug-likeness (QED) is 0.351. The molecule has 0 bridgehead atoms. The summed E-state index contributed by atoms with van der Waals surface area (Å²) in [6, 6.07) is 16.2. The number of benzene rings is 2. The van der Waals surface area contributed by atoms with Crippen molar-refractivity contribution in [3.05, 3.63) is 59.1 Å². The van der Waals surface area contributed by atoms with Gasteiger partial charge in [-0.3, -0.25) is 4.79 Å². The van der Waals surface area contributed by atoms with Crippen LogP contribution in [-0.4, -0.2) is 57.5 Å². The number of nitrogens with zero attached hydrogens (tertiary/aromatic N) is 2. The number of thiazole rings is 1. The summed E-state index contributed by atoms with van der Waals surface area (Å²) in [4.78, 5) is 18.2. The fourth-order valence-corrected chi connectivity index (χ4v) is 4.00. The first kappa shape index (κ1) is 31.5. The van der Waals surface area contributed by atoms with E-state index in [4.69, 9.17) is 4.74 Å². The van der Waals surface area contributed by atoms with Crippen molar-refractivity contribution in [2.75, 3.05) is 41.3 Å². The van der Waals surface area contributed by atoms with Crippen LogP contribution in [0.25, 0.3) is 21.7 Å². The van der Waals surface area contributed by atoms with Crippen LogP contribution < -0.4 is 10.1 Å². The van der Waals surface area contributed by atoms with Crippen LogP contribution in [0.4, 0.5) is 0 Å². The van der Waals surface area contributed by atoms with Gasteiger partial charge in [-0.25, -0.2) is 4.98 Å². The third-order valence-corrected chi connectivity index (χ3v) is 6.86. The van der Waals surface area contributed by atoms with E-state index in [0.717, 1.165) is 52.5 Å². The fourth-order valence-electron chi connectivity index (χ4n) is 3.11. The third-order valence-electron chi connectivity index (χ3n) is 5.73. The van der Waals surface area contributed by atoms with Crippen LogP contribution in [0.2, 0.25) is 0 Å². The van der Waals surface area contributed by atoms with Gasteiger partial charge in [0.25, 0.3) is 0 Å². The zero-order chi connectivity index (χ0) is 26.8. The molecule has 5 nitrogen and oxygen atoms in total. The fraction of sp³-hybridized carbons (Fsp3) is 0.467. The predicted octanol–water partition coefficient (Wildman–Crippen LogP) is 7.35. The summed E-state index contributed by atoms with van der Waals surface area (Å²) >= 11 is 1.42. The van der Waals surface area contributed by atoms with Crippen molar-refractivity contribution in [1.82, 2.24) is 15.2 Å². The lowest BCUT2D eigenvalue weighted by Crippen LogP contribution is -2.08. The maximum atomic E-state index is 10.9. The van der Waals surface area contributed by atoms with E-state index in [1.54, 1.807) is 7.11 Å². The molecule has 1 fully saturated rings. The molecule has 0 aliphatic heterocycles. The number of hydrogen-bond acceptors (Lipinski definition) is 6. The van der Waals surface area contributed by atoms with E-state index in [0.29, 0.717) is 4.88 Å². The van der Waals surface area contributed by atoms with E-state index in [9.17, 15) is 4.79 Å². The molecule has 36 heavy (non-hydrogen) atoms. The van der Waals surface area contributed by atoms with Crippen molar-refractivity contribution in [2.24, 2.45) is 0 Å². The van der Waals surface area contributed by atoms with Crippen LogP contribution in [0.3, 0.4) is 0 Å². The maximum absolute atomic E-state index is 10.9. The maximum Gasteiger partial charge on any atom is 0.161 e. The van der Waals surface area contributed by atoms with E-state index in [1.807, 2.05) is 50.4 Å². The lowest BCUT2D eigenvalue weighted by molar-refractivity contribution is 0.112. The van der Waals surface area contributed by atoms with E-state index in [1.165, 1.54) is 43.4 Å². The highest BCUT2D eigenvalue weighted by atomic mass is 32.1. The second-order valence-electron chi connectivity index (χ2n) is 8.76. The van der Waals surface area contributed by atoms with Gasteiger partial charge in [-0.05, 0) is 64.4 Å².